The summed E-state index contributed by atoms with van der Waals surface area (Å²) in [6.07, 6.45) is 8.44. The highest BCUT2D eigenvalue weighted by molar-refractivity contribution is 4.84. The van der Waals surface area contributed by atoms with E-state index in [1.54, 1.807) is 0 Å². The number of ether oxygens (including phenoxy) is 1. The number of hydrogen-bond acceptors (Lipinski definition) is 2. The molecule has 2 aliphatic rings. The van der Waals surface area contributed by atoms with Crippen molar-refractivity contribution >= 4 is 0 Å². The molecular formula is C14H27NO. The van der Waals surface area contributed by atoms with Crippen molar-refractivity contribution in [2.24, 2.45) is 5.92 Å². The molecule has 1 heterocycles. The van der Waals surface area contributed by atoms with Crippen molar-refractivity contribution in [1.29, 1.82) is 0 Å². The Kier molecular flexibility index (Phi) is 3.91. The Morgan fingerprint density at radius 3 is 2.56 bits per heavy atom. The Labute approximate surface area is 100 Å². The second-order valence-corrected chi connectivity index (χ2v) is 6.23. The molecule has 0 aromatic heterocycles. The summed E-state index contributed by atoms with van der Waals surface area (Å²) in [6.45, 7) is 7.75. The molecule has 1 aliphatic heterocycles. The van der Waals surface area contributed by atoms with Gasteiger partial charge in [0.1, 0.15) is 0 Å². The molecule has 0 bridgehead atoms. The summed E-state index contributed by atoms with van der Waals surface area (Å²) in [6, 6.07) is 0.722. The fraction of sp³-hybridized carbons (Fsp3) is 1.00. The average Bonchev–Trinajstić information content (AvgIpc) is 2.97. The highest BCUT2D eigenvalue weighted by atomic mass is 16.5. The zero-order chi connectivity index (χ0) is 11.6. The minimum absolute atomic E-state index is 0.116. The van der Waals surface area contributed by atoms with E-state index in [0.717, 1.165) is 18.5 Å². The normalized spacial score (nSPS) is 30.6. The van der Waals surface area contributed by atoms with Crippen LogP contribution in [0.4, 0.5) is 0 Å². The van der Waals surface area contributed by atoms with E-state index in [-0.39, 0.29) is 5.60 Å². The highest BCUT2D eigenvalue weighted by Crippen LogP contribution is 2.34. The molecule has 1 N–H and O–H groups in total. The van der Waals surface area contributed by atoms with Crippen LogP contribution in [0, 0.1) is 5.92 Å². The third-order valence-electron chi connectivity index (χ3n) is 4.00. The SMILES string of the molecule is CCC(CC1CC1)NCC1CCC(C)(C)O1. The number of rotatable bonds is 6. The summed E-state index contributed by atoms with van der Waals surface area (Å²) in [4.78, 5) is 0. The van der Waals surface area contributed by atoms with Crippen LogP contribution in [0.15, 0.2) is 0 Å². The smallest absolute Gasteiger partial charge is 0.0707 e. The van der Waals surface area contributed by atoms with Gasteiger partial charge in [0.05, 0.1) is 11.7 Å². The Balaban J connectivity index is 1.65. The van der Waals surface area contributed by atoms with Gasteiger partial charge in [-0.05, 0) is 45.4 Å². The first kappa shape index (κ1) is 12.4. The van der Waals surface area contributed by atoms with Crippen molar-refractivity contribution in [2.75, 3.05) is 6.54 Å². The summed E-state index contributed by atoms with van der Waals surface area (Å²) in [5.41, 5.74) is 0.116. The van der Waals surface area contributed by atoms with Crippen molar-refractivity contribution in [1.82, 2.24) is 5.32 Å². The van der Waals surface area contributed by atoms with Gasteiger partial charge in [-0.2, -0.15) is 0 Å². The maximum atomic E-state index is 6.00. The quantitative estimate of drug-likeness (QED) is 0.750. The van der Waals surface area contributed by atoms with Gasteiger partial charge in [-0.15, -0.1) is 0 Å². The van der Waals surface area contributed by atoms with Crippen LogP contribution in [0.5, 0.6) is 0 Å². The monoisotopic (exact) mass is 225 g/mol. The van der Waals surface area contributed by atoms with Crippen molar-refractivity contribution in [3.8, 4) is 0 Å². The van der Waals surface area contributed by atoms with Crippen molar-refractivity contribution in [2.45, 2.75) is 77.0 Å². The maximum absolute atomic E-state index is 6.00. The lowest BCUT2D eigenvalue weighted by Gasteiger charge is -2.22. The molecule has 1 saturated heterocycles. The zero-order valence-electron chi connectivity index (χ0n) is 11.1. The molecular weight excluding hydrogens is 198 g/mol. The van der Waals surface area contributed by atoms with Gasteiger partial charge in [0.15, 0.2) is 0 Å². The third-order valence-corrected chi connectivity index (χ3v) is 4.00. The second-order valence-electron chi connectivity index (χ2n) is 6.23. The van der Waals surface area contributed by atoms with E-state index >= 15 is 0 Å². The maximum Gasteiger partial charge on any atom is 0.0707 e. The average molecular weight is 225 g/mol. The number of hydrogen-bond donors (Lipinski definition) is 1. The molecule has 2 unspecified atom stereocenters. The van der Waals surface area contributed by atoms with E-state index in [9.17, 15) is 0 Å². The molecule has 16 heavy (non-hydrogen) atoms. The van der Waals surface area contributed by atoms with Crippen molar-refractivity contribution in [3.63, 3.8) is 0 Å². The van der Waals surface area contributed by atoms with E-state index in [2.05, 4.69) is 26.1 Å². The fourth-order valence-corrected chi connectivity index (χ4v) is 2.67. The van der Waals surface area contributed by atoms with Gasteiger partial charge in [-0.25, -0.2) is 0 Å². The number of nitrogens with one attached hydrogen (secondary N) is 1. The van der Waals surface area contributed by atoms with Crippen molar-refractivity contribution < 1.29 is 4.74 Å². The van der Waals surface area contributed by atoms with Gasteiger partial charge in [-0.1, -0.05) is 19.8 Å². The van der Waals surface area contributed by atoms with Crippen molar-refractivity contribution in [3.05, 3.63) is 0 Å². The van der Waals surface area contributed by atoms with Crippen LogP contribution in [0.3, 0.4) is 0 Å². The molecule has 0 spiro atoms. The summed E-state index contributed by atoms with van der Waals surface area (Å²) < 4.78 is 6.00. The lowest BCUT2D eigenvalue weighted by molar-refractivity contribution is -0.0153. The van der Waals surface area contributed by atoms with E-state index in [4.69, 9.17) is 4.74 Å². The Bertz CT molecular complexity index is 221. The molecule has 1 saturated carbocycles. The van der Waals surface area contributed by atoms with Gasteiger partial charge in [-0.3, -0.25) is 0 Å². The van der Waals surface area contributed by atoms with Crippen LogP contribution in [0.2, 0.25) is 0 Å². The predicted octanol–water partition coefficient (Wildman–Crippen LogP) is 3.11. The Hall–Kier alpha value is -0.0800. The Morgan fingerprint density at radius 2 is 2.06 bits per heavy atom. The first-order chi connectivity index (χ1) is 7.59. The van der Waals surface area contributed by atoms with Crippen LogP contribution >= 0.6 is 0 Å². The van der Waals surface area contributed by atoms with Gasteiger partial charge in [0.25, 0.3) is 0 Å². The predicted molar refractivity (Wildman–Crippen MR) is 67.6 cm³/mol. The third kappa shape index (κ3) is 3.74. The summed E-state index contributed by atoms with van der Waals surface area (Å²) in [7, 11) is 0. The minimum atomic E-state index is 0.116. The van der Waals surface area contributed by atoms with Gasteiger partial charge in [0, 0.05) is 12.6 Å². The van der Waals surface area contributed by atoms with Crippen LogP contribution in [-0.4, -0.2) is 24.3 Å². The summed E-state index contributed by atoms with van der Waals surface area (Å²) in [5.74, 6) is 1.03. The Morgan fingerprint density at radius 1 is 1.31 bits per heavy atom. The van der Waals surface area contributed by atoms with Gasteiger partial charge >= 0.3 is 0 Å². The molecule has 2 rings (SSSR count). The molecule has 2 atom stereocenters. The first-order valence-electron chi connectivity index (χ1n) is 7.00. The van der Waals surface area contributed by atoms with E-state index in [1.165, 1.54) is 38.5 Å². The molecule has 0 aromatic rings. The topological polar surface area (TPSA) is 21.3 Å². The van der Waals surface area contributed by atoms with Gasteiger partial charge in [0.2, 0.25) is 0 Å². The van der Waals surface area contributed by atoms with Crippen LogP contribution in [0.25, 0.3) is 0 Å². The zero-order valence-corrected chi connectivity index (χ0v) is 11.1. The van der Waals surface area contributed by atoms with Gasteiger partial charge < -0.3 is 10.1 Å². The molecule has 0 aromatic carbocycles. The fourth-order valence-electron chi connectivity index (χ4n) is 2.67. The standard InChI is InChI=1S/C14H27NO/c1-4-12(9-11-5-6-11)15-10-13-7-8-14(2,3)16-13/h11-13,15H,4-10H2,1-3H3. The second kappa shape index (κ2) is 5.05. The molecule has 94 valence electrons. The van der Waals surface area contributed by atoms with E-state index in [1.807, 2.05) is 0 Å². The van der Waals surface area contributed by atoms with Crippen LogP contribution < -0.4 is 5.32 Å². The minimum Gasteiger partial charge on any atom is -0.371 e. The summed E-state index contributed by atoms with van der Waals surface area (Å²) in [5, 5.41) is 3.70. The van der Waals surface area contributed by atoms with E-state index < -0.39 is 0 Å². The van der Waals surface area contributed by atoms with Crippen LogP contribution in [-0.2, 0) is 4.74 Å². The molecule has 2 heteroatoms. The lowest BCUT2D eigenvalue weighted by atomic mass is 10.0. The van der Waals surface area contributed by atoms with Crippen LogP contribution in [0.1, 0.15) is 59.3 Å². The summed E-state index contributed by atoms with van der Waals surface area (Å²) >= 11 is 0. The molecule has 1 aliphatic carbocycles. The molecule has 0 radical (unpaired) electrons. The van der Waals surface area contributed by atoms with E-state index in [0.29, 0.717) is 6.10 Å². The molecule has 2 nitrogen and oxygen atoms in total. The highest BCUT2D eigenvalue weighted by Gasteiger charge is 2.32. The largest absolute Gasteiger partial charge is 0.371 e. The first-order valence-corrected chi connectivity index (χ1v) is 7.00. The lowest BCUT2D eigenvalue weighted by Crippen LogP contribution is -2.36. The molecule has 2 fully saturated rings. The molecule has 0 amide bonds.